The summed E-state index contributed by atoms with van der Waals surface area (Å²) in [7, 11) is 2.64. The average Bonchev–Trinajstić information content (AvgIpc) is 2.71. The van der Waals surface area contributed by atoms with E-state index in [0.29, 0.717) is 11.3 Å². The number of hydrogen-bond donors (Lipinski definition) is 1. The summed E-state index contributed by atoms with van der Waals surface area (Å²) >= 11 is 6.21. The first kappa shape index (κ1) is 20.8. The third kappa shape index (κ3) is 5.50. The summed E-state index contributed by atoms with van der Waals surface area (Å²) in [6, 6.07) is 13.7. The number of benzene rings is 2. The molecule has 1 N–H and O–H groups in total. The molecule has 2 rings (SSSR count). The van der Waals surface area contributed by atoms with Gasteiger partial charge in [-0.3, -0.25) is 4.79 Å². The highest BCUT2D eigenvalue weighted by molar-refractivity contribution is 6.32. The molecule has 0 aromatic heterocycles. The second-order valence-electron chi connectivity index (χ2n) is 5.39. The summed E-state index contributed by atoms with van der Waals surface area (Å²) in [5.41, 5.74) is 0.896. The third-order valence-corrected chi connectivity index (χ3v) is 3.80. The number of hydrogen-bond acceptors (Lipinski definition) is 6. The van der Waals surface area contributed by atoms with Crippen LogP contribution < -0.4 is 14.8 Å². The summed E-state index contributed by atoms with van der Waals surface area (Å²) < 4.78 is 15.1. The molecule has 0 aliphatic rings. The third-order valence-electron chi connectivity index (χ3n) is 3.52. The van der Waals surface area contributed by atoms with Gasteiger partial charge in [0, 0.05) is 5.69 Å². The number of amides is 1. The van der Waals surface area contributed by atoms with E-state index in [1.807, 2.05) is 12.1 Å². The molecule has 144 valence electrons. The minimum atomic E-state index is -0.577. The van der Waals surface area contributed by atoms with Crippen LogP contribution in [0.5, 0.6) is 11.5 Å². The molecule has 0 unspecified atom stereocenters. The quantitative estimate of drug-likeness (QED) is 0.434. The van der Waals surface area contributed by atoms with Gasteiger partial charge in [0.1, 0.15) is 11.6 Å². The van der Waals surface area contributed by atoms with E-state index in [0.717, 1.165) is 0 Å². The van der Waals surface area contributed by atoms with Crippen LogP contribution in [-0.2, 0) is 14.3 Å². The van der Waals surface area contributed by atoms with Gasteiger partial charge in [-0.05, 0) is 35.9 Å². The highest BCUT2D eigenvalue weighted by Gasteiger charge is 2.15. The van der Waals surface area contributed by atoms with Crippen LogP contribution in [0, 0.1) is 11.3 Å². The van der Waals surface area contributed by atoms with Crippen molar-refractivity contribution in [3.8, 4) is 17.6 Å². The number of halogens is 1. The maximum absolute atomic E-state index is 12.3. The summed E-state index contributed by atoms with van der Waals surface area (Å²) in [5.74, 6) is -0.747. The van der Waals surface area contributed by atoms with E-state index in [4.69, 9.17) is 21.1 Å². The largest absolute Gasteiger partial charge is 0.493 e. The van der Waals surface area contributed by atoms with Crippen LogP contribution in [0.15, 0.2) is 48.0 Å². The van der Waals surface area contributed by atoms with Crippen molar-refractivity contribution in [2.75, 3.05) is 26.1 Å². The van der Waals surface area contributed by atoms with Crippen molar-refractivity contribution in [2.45, 2.75) is 0 Å². The molecule has 2 aromatic rings. The number of nitriles is 1. The number of nitrogens with one attached hydrogen (secondary N) is 1. The number of nitrogens with zero attached hydrogens (tertiary/aromatic N) is 1. The number of methoxy groups -OCH3 is 2. The van der Waals surface area contributed by atoms with Crippen molar-refractivity contribution in [1.29, 1.82) is 5.26 Å². The van der Waals surface area contributed by atoms with Crippen molar-refractivity contribution in [2.24, 2.45) is 0 Å². The number of ether oxygens (including phenoxy) is 3. The second kappa shape index (κ2) is 10.00. The Bertz CT molecular complexity index is 936. The van der Waals surface area contributed by atoms with Crippen LogP contribution in [-0.4, -0.2) is 32.7 Å². The Morgan fingerprint density at radius 3 is 2.54 bits per heavy atom. The lowest BCUT2D eigenvalue weighted by atomic mass is 10.1. The predicted octanol–water partition coefficient (Wildman–Crippen LogP) is 3.45. The molecule has 2 aromatic carbocycles. The van der Waals surface area contributed by atoms with E-state index in [1.165, 1.54) is 32.4 Å². The zero-order valence-corrected chi connectivity index (χ0v) is 15.9. The highest BCUT2D eigenvalue weighted by Crippen LogP contribution is 2.37. The first-order chi connectivity index (χ1) is 13.5. The SMILES string of the molecule is COC(=O)COc1c(Cl)cc(C=C(C#N)C(=O)Nc2ccccc2)cc1OC. The molecule has 0 bridgehead atoms. The normalized spacial score (nSPS) is 10.6. The molecular weight excluding hydrogens is 384 g/mol. The Morgan fingerprint density at radius 2 is 1.93 bits per heavy atom. The minimum absolute atomic E-state index is 0.120. The summed E-state index contributed by atoms with van der Waals surface area (Å²) in [6.45, 7) is -0.343. The lowest BCUT2D eigenvalue weighted by molar-refractivity contribution is -0.142. The Balaban J connectivity index is 2.27. The zero-order chi connectivity index (χ0) is 20.5. The standard InChI is InChI=1S/C20H17ClN2O5/c1-26-17-10-13(9-16(21)19(17)28-12-18(24)27-2)8-14(11-22)20(25)23-15-6-4-3-5-7-15/h3-10H,12H2,1-2H3,(H,23,25). The minimum Gasteiger partial charge on any atom is -0.493 e. The summed E-state index contributed by atoms with van der Waals surface area (Å²) in [4.78, 5) is 23.6. The maximum Gasteiger partial charge on any atom is 0.343 e. The molecule has 0 atom stereocenters. The Morgan fingerprint density at radius 1 is 1.21 bits per heavy atom. The van der Waals surface area contributed by atoms with E-state index in [-0.39, 0.29) is 28.7 Å². The Kier molecular flexibility index (Phi) is 7.43. The van der Waals surface area contributed by atoms with Gasteiger partial charge in [0.05, 0.1) is 19.2 Å². The predicted molar refractivity (Wildman–Crippen MR) is 104 cm³/mol. The van der Waals surface area contributed by atoms with Crippen LogP contribution in [0.3, 0.4) is 0 Å². The van der Waals surface area contributed by atoms with Gasteiger partial charge in [0.25, 0.3) is 5.91 Å². The fourth-order valence-corrected chi connectivity index (χ4v) is 2.46. The first-order valence-corrected chi connectivity index (χ1v) is 8.41. The van der Waals surface area contributed by atoms with E-state index < -0.39 is 11.9 Å². The molecule has 1 amide bonds. The lowest BCUT2D eigenvalue weighted by Gasteiger charge is -2.12. The van der Waals surface area contributed by atoms with E-state index in [2.05, 4.69) is 10.1 Å². The van der Waals surface area contributed by atoms with Gasteiger partial charge in [-0.25, -0.2) is 4.79 Å². The Hall–Kier alpha value is -3.50. The zero-order valence-electron chi connectivity index (χ0n) is 15.2. The van der Waals surface area contributed by atoms with Gasteiger partial charge in [-0.2, -0.15) is 5.26 Å². The number of carbonyl (C=O) groups excluding carboxylic acids is 2. The number of carbonyl (C=O) groups is 2. The molecule has 28 heavy (non-hydrogen) atoms. The fraction of sp³-hybridized carbons (Fsp3) is 0.150. The monoisotopic (exact) mass is 400 g/mol. The van der Waals surface area contributed by atoms with Gasteiger partial charge in [0.2, 0.25) is 0 Å². The van der Waals surface area contributed by atoms with Gasteiger partial charge in [0.15, 0.2) is 18.1 Å². The molecule has 0 saturated heterocycles. The first-order valence-electron chi connectivity index (χ1n) is 8.03. The van der Waals surface area contributed by atoms with Gasteiger partial charge in [-0.15, -0.1) is 0 Å². The molecular formula is C20H17ClN2O5. The van der Waals surface area contributed by atoms with Crippen LogP contribution in [0.4, 0.5) is 5.69 Å². The number of anilines is 1. The molecule has 0 radical (unpaired) electrons. The van der Waals surface area contributed by atoms with Crippen LogP contribution in [0.25, 0.3) is 6.08 Å². The summed E-state index contributed by atoms with van der Waals surface area (Å²) in [5, 5.41) is 12.1. The van der Waals surface area contributed by atoms with Gasteiger partial charge in [-0.1, -0.05) is 29.8 Å². The molecule has 0 saturated carbocycles. The van der Waals surface area contributed by atoms with Crippen molar-refractivity contribution < 1.29 is 23.8 Å². The van der Waals surface area contributed by atoms with Crippen LogP contribution in [0.2, 0.25) is 5.02 Å². The number of para-hydroxylation sites is 1. The number of rotatable bonds is 7. The van der Waals surface area contributed by atoms with Gasteiger partial charge < -0.3 is 19.5 Å². The summed E-state index contributed by atoms with van der Waals surface area (Å²) in [6.07, 6.45) is 1.37. The van der Waals surface area contributed by atoms with Crippen molar-refractivity contribution >= 4 is 35.2 Å². The topological polar surface area (TPSA) is 97.7 Å². The van der Waals surface area contributed by atoms with E-state index in [9.17, 15) is 14.9 Å². The van der Waals surface area contributed by atoms with E-state index in [1.54, 1.807) is 24.3 Å². The lowest BCUT2D eigenvalue weighted by Crippen LogP contribution is -2.13. The second-order valence-corrected chi connectivity index (χ2v) is 5.80. The molecule has 8 heteroatoms. The number of esters is 1. The fourth-order valence-electron chi connectivity index (χ4n) is 2.19. The smallest absolute Gasteiger partial charge is 0.343 e. The van der Waals surface area contributed by atoms with Crippen LogP contribution in [0.1, 0.15) is 5.56 Å². The molecule has 0 heterocycles. The van der Waals surface area contributed by atoms with Crippen molar-refractivity contribution in [1.82, 2.24) is 0 Å². The van der Waals surface area contributed by atoms with E-state index >= 15 is 0 Å². The van der Waals surface area contributed by atoms with Crippen LogP contribution >= 0.6 is 11.6 Å². The molecule has 0 spiro atoms. The average molecular weight is 401 g/mol. The van der Waals surface area contributed by atoms with Crippen molar-refractivity contribution in [3.63, 3.8) is 0 Å². The highest BCUT2D eigenvalue weighted by atomic mass is 35.5. The molecule has 0 fully saturated rings. The maximum atomic E-state index is 12.3. The molecule has 0 aliphatic carbocycles. The Labute approximate surface area is 167 Å². The van der Waals surface area contributed by atoms with Gasteiger partial charge >= 0.3 is 5.97 Å². The molecule has 7 nitrogen and oxygen atoms in total. The van der Waals surface area contributed by atoms with Crippen molar-refractivity contribution in [3.05, 3.63) is 58.6 Å². The molecule has 0 aliphatic heterocycles.